The van der Waals surface area contributed by atoms with Gasteiger partial charge in [0.2, 0.25) is 0 Å². The highest BCUT2D eigenvalue weighted by Crippen LogP contribution is 2.41. The van der Waals surface area contributed by atoms with Gasteiger partial charge in [-0.25, -0.2) is 0 Å². The van der Waals surface area contributed by atoms with Crippen molar-refractivity contribution in [2.24, 2.45) is 5.41 Å². The Kier molecular flexibility index (Phi) is 13.1. The summed E-state index contributed by atoms with van der Waals surface area (Å²) < 4.78 is 17.6. The molecule has 0 aromatic heterocycles. The molecule has 0 amide bonds. The first kappa shape index (κ1) is 26.4. The van der Waals surface area contributed by atoms with Gasteiger partial charge in [0.1, 0.15) is 5.75 Å². The van der Waals surface area contributed by atoms with Crippen LogP contribution in [0.1, 0.15) is 91.3 Å². The van der Waals surface area contributed by atoms with Gasteiger partial charge in [-0.3, -0.25) is 0 Å². The molecule has 0 N–H and O–H groups in total. The molecule has 3 nitrogen and oxygen atoms in total. The van der Waals surface area contributed by atoms with E-state index in [-0.39, 0.29) is 6.29 Å². The van der Waals surface area contributed by atoms with Crippen LogP contribution in [0.4, 0.5) is 0 Å². The van der Waals surface area contributed by atoms with Gasteiger partial charge >= 0.3 is 0 Å². The van der Waals surface area contributed by atoms with E-state index >= 15 is 0 Å². The Morgan fingerprint density at radius 1 is 1.00 bits per heavy atom. The van der Waals surface area contributed by atoms with Crippen molar-refractivity contribution in [3.05, 3.63) is 29.8 Å². The fraction of sp³-hybridized carbons (Fsp3) is 0.760. The van der Waals surface area contributed by atoms with Crippen molar-refractivity contribution in [1.82, 2.24) is 0 Å². The van der Waals surface area contributed by atoms with E-state index in [1.54, 1.807) is 0 Å². The maximum atomic E-state index is 5.90. The average molecular weight is 425 g/mol. The van der Waals surface area contributed by atoms with Gasteiger partial charge in [-0.15, -0.1) is 8.58 Å². The normalized spacial score (nSPS) is 17.6. The first-order valence-corrected chi connectivity index (χ1v) is 13.1. The van der Waals surface area contributed by atoms with Crippen LogP contribution in [-0.2, 0) is 9.47 Å². The number of benzene rings is 1. The van der Waals surface area contributed by atoms with Gasteiger partial charge in [-0.2, -0.15) is 0 Å². The largest absolute Gasteiger partial charge is 0.465 e. The lowest BCUT2D eigenvalue weighted by atomic mass is 9.88. The Bertz CT molecular complexity index is 518. The summed E-state index contributed by atoms with van der Waals surface area (Å²) in [5, 5.41) is 0. The molecule has 0 bridgehead atoms. The lowest BCUT2D eigenvalue weighted by Crippen LogP contribution is -2.22. The predicted octanol–water partition coefficient (Wildman–Crippen LogP) is 7.59. The molecule has 29 heavy (non-hydrogen) atoms. The highest BCUT2D eigenvalue weighted by molar-refractivity contribution is 7.37. The zero-order valence-corrected chi connectivity index (χ0v) is 20.9. The quantitative estimate of drug-likeness (QED) is 0.220. The maximum absolute atomic E-state index is 5.90. The van der Waals surface area contributed by atoms with Gasteiger partial charge in [0, 0.05) is 5.66 Å². The van der Waals surface area contributed by atoms with Gasteiger partial charge < -0.3 is 14.2 Å². The molecular formula is C25H45O3P. The number of rotatable bonds is 10. The van der Waals surface area contributed by atoms with Crippen molar-refractivity contribution < 1.29 is 14.2 Å². The third-order valence-corrected chi connectivity index (χ3v) is 6.33. The van der Waals surface area contributed by atoms with Crippen LogP contribution >= 0.6 is 8.58 Å². The van der Waals surface area contributed by atoms with Crippen LogP contribution in [0.15, 0.2) is 24.3 Å². The molecule has 0 aliphatic heterocycles. The molecule has 0 spiro atoms. The van der Waals surface area contributed by atoms with Gasteiger partial charge in [0.15, 0.2) is 6.29 Å². The van der Waals surface area contributed by atoms with Crippen molar-refractivity contribution >= 4 is 8.58 Å². The molecule has 168 valence electrons. The van der Waals surface area contributed by atoms with Crippen LogP contribution in [-0.4, -0.2) is 32.3 Å². The zero-order chi connectivity index (χ0) is 21.7. The van der Waals surface area contributed by atoms with E-state index in [2.05, 4.69) is 51.7 Å². The van der Waals surface area contributed by atoms with E-state index in [9.17, 15) is 0 Å². The van der Waals surface area contributed by atoms with Gasteiger partial charge in [-0.1, -0.05) is 66.0 Å². The fourth-order valence-corrected chi connectivity index (χ4v) is 5.01. The van der Waals surface area contributed by atoms with Gasteiger partial charge in [0.05, 0.1) is 19.3 Å². The predicted molar refractivity (Wildman–Crippen MR) is 128 cm³/mol. The molecule has 3 atom stereocenters. The van der Waals surface area contributed by atoms with E-state index in [0.29, 0.717) is 30.4 Å². The first-order valence-electron chi connectivity index (χ1n) is 11.5. The molecule has 1 aliphatic rings. The van der Waals surface area contributed by atoms with Crippen molar-refractivity contribution in [2.45, 2.75) is 98.1 Å². The van der Waals surface area contributed by atoms with Crippen molar-refractivity contribution in [3.63, 3.8) is 0 Å². The van der Waals surface area contributed by atoms with Gasteiger partial charge in [-0.05, 0) is 56.0 Å². The molecule has 0 radical (unpaired) electrons. The minimum atomic E-state index is -0.260. The second-order valence-corrected chi connectivity index (χ2v) is 10.1. The van der Waals surface area contributed by atoms with Crippen LogP contribution < -0.4 is 4.74 Å². The van der Waals surface area contributed by atoms with Crippen LogP contribution in [0.5, 0.6) is 5.75 Å². The van der Waals surface area contributed by atoms with Crippen molar-refractivity contribution in [2.75, 3.05) is 19.9 Å². The van der Waals surface area contributed by atoms with E-state index in [4.69, 9.17) is 14.2 Å². The number of hydrogen-bond donors (Lipinski definition) is 0. The fourth-order valence-electron chi connectivity index (χ4n) is 3.66. The topological polar surface area (TPSA) is 27.7 Å². The Hall–Kier alpha value is -0.630. The summed E-state index contributed by atoms with van der Waals surface area (Å²) in [6, 6.07) is 8.56. The standard InChI is InChI=1S/C23H39O3P.C2H6/c1-18(24-15-16-25-20-9-7-6-8-10-20)26-21-13-11-19(12-14-21)22(27-5)17-23(2,3)4;1-2/h11-14,18,20,22,27H,6-10,15-17H2,1-5H3;1-2H3. The lowest BCUT2D eigenvalue weighted by Gasteiger charge is -2.25. The second-order valence-electron chi connectivity index (χ2n) is 8.86. The molecule has 3 unspecified atom stereocenters. The summed E-state index contributed by atoms with van der Waals surface area (Å²) in [7, 11) is 0.914. The van der Waals surface area contributed by atoms with Crippen molar-refractivity contribution in [3.8, 4) is 5.75 Å². The molecule has 2 rings (SSSR count). The van der Waals surface area contributed by atoms with E-state index in [1.807, 2.05) is 20.8 Å². The monoisotopic (exact) mass is 424 g/mol. The Balaban J connectivity index is 0.00000204. The molecular weight excluding hydrogens is 379 g/mol. The molecule has 1 fully saturated rings. The summed E-state index contributed by atoms with van der Waals surface area (Å²) in [5.74, 6) is 0.869. The van der Waals surface area contributed by atoms with Crippen LogP contribution in [0.2, 0.25) is 0 Å². The zero-order valence-electron chi connectivity index (χ0n) is 19.9. The van der Waals surface area contributed by atoms with Crippen LogP contribution in [0.25, 0.3) is 0 Å². The summed E-state index contributed by atoms with van der Waals surface area (Å²) in [6.45, 7) is 16.4. The molecule has 1 aliphatic carbocycles. The lowest BCUT2D eigenvalue weighted by molar-refractivity contribution is -0.0940. The highest BCUT2D eigenvalue weighted by Gasteiger charge is 2.19. The van der Waals surface area contributed by atoms with Crippen LogP contribution in [0.3, 0.4) is 0 Å². The first-order chi connectivity index (χ1) is 13.9. The Labute approximate surface area is 182 Å². The summed E-state index contributed by atoms with van der Waals surface area (Å²) in [6.07, 6.45) is 7.75. The molecule has 4 heteroatoms. The SMILES string of the molecule is CC.CPC(CC(C)(C)C)c1ccc(OC(C)OCCOC2CCCCC2)cc1. The number of ether oxygens (including phenoxy) is 3. The second kappa shape index (κ2) is 14.4. The van der Waals surface area contributed by atoms with Gasteiger partial charge in [0.25, 0.3) is 0 Å². The molecule has 0 heterocycles. The maximum Gasteiger partial charge on any atom is 0.197 e. The third kappa shape index (κ3) is 11.4. The summed E-state index contributed by atoms with van der Waals surface area (Å²) >= 11 is 0. The third-order valence-electron chi connectivity index (χ3n) is 5.09. The smallest absolute Gasteiger partial charge is 0.197 e. The summed E-state index contributed by atoms with van der Waals surface area (Å²) in [4.78, 5) is 0. The van der Waals surface area contributed by atoms with E-state index < -0.39 is 0 Å². The molecule has 1 aromatic carbocycles. The minimum Gasteiger partial charge on any atom is -0.465 e. The molecule has 1 aromatic rings. The molecule has 1 saturated carbocycles. The van der Waals surface area contributed by atoms with E-state index in [0.717, 1.165) is 14.3 Å². The highest BCUT2D eigenvalue weighted by atomic mass is 31.1. The Morgan fingerprint density at radius 3 is 2.17 bits per heavy atom. The van der Waals surface area contributed by atoms with Crippen molar-refractivity contribution in [1.29, 1.82) is 0 Å². The van der Waals surface area contributed by atoms with Crippen LogP contribution in [0, 0.1) is 5.41 Å². The number of hydrogen-bond acceptors (Lipinski definition) is 3. The summed E-state index contributed by atoms with van der Waals surface area (Å²) in [5.41, 5.74) is 2.39. The van der Waals surface area contributed by atoms with E-state index in [1.165, 1.54) is 44.1 Å². The average Bonchev–Trinajstić information content (AvgIpc) is 2.72. The molecule has 0 saturated heterocycles. The minimum absolute atomic E-state index is 0.260. The Morgan fingerprint density at radius 2 is 1.62 bits per heavy atom.